The van der Waals surface area contributed by atoms with Crippen LogP contribution < -0.4 is 282 Å². The van der Waals surface area contributed by atoms with Gasteiger partial charge >= 0.3 is 257 Å². The third-order valence-corrected chi connectivity index (χ3v) is 3.52. The molecule has 0 aromatic carbocycles. The predicted molar refractivity (Wildman–Crippen MR) is 42.6 cm³/mol. The van der Waals surface area contributed by atoms with E-state index in [1.165, 1.54) is 0 Å². The topological polar surface area (TPSA) is 201 Å². The van der Waals surface area contributed by atoms with Gasteiger partial charge in [0.25, 0.3) is 0 Å². The van der Waals surface area contributed by atoms with E-state index in [0.717, 1.165) is 0 Å². The number of hydrogen-bond acceptors (Lipinski definition) is 10. The molecule has 1 rings (SSSR count). The van der Waals surface area contributed by atoms with Crippen molar-refractivity contribution in [1.82, 2.24) is 0 Å². The van der Waals surface area contributed by atoms with Gasteiger partial charge in [0.05, 0.1) is 34.7 Å². The summed E-state index contributed by atoms with van der Waals surface area (Å²) >= 11 is 0. The molecule has 1 aliphatic rings. The average Bonchev–Trinajstić information content (AvgIpc) is 2.67. The molecule has 0 spiro atoms. The molecule has 1 fully saturated rings. The summed E-state index contributed by atoms with van der Waals surface area (Å²) in [6, 6.07) is 0. The van der Waals surface area contributed by atoms with E-state index in [0.29, 0.717) is 0 Å². The van der Waals surface area contributed by atoms with Gasteiger partial charge in [-0.15, -0.1) is 0 Å². The zero-order valence-electron chi connectivity index (χ0n) is 14.6. The Kier molecular flexibility index (Phi) is 27.9. The van der Waals surface area contributed by atoms with Gasteiger partial charge in [0.2, 0.25) is 0 Å². The predicted octanol–water partition coefficient (Wildman–Crippen LogP) is -22.9. The number of rotatable bonds is 5. The van der Waals surface area contributed by atoms with Crippen LogP contribution in [-0.2, 0) is 24.0 Å². The van der Waals surface area contributed by atoms with Crippen LogP contribution in [0.4, 0.5) is 0 Å². The molecule has 0 N–H and O–H groups in total. The molecule has 1 unspecified atom stereocenters. The molecule has 25 heavy (non-hydrogen) atoms. The van der Waals surface area contributed by atoms with Crippen LogP contribution in [-0.4, -0.2) is 29.8 Å². The van der Waals surface area contributed by atoms with Gasteiger partial charge in [-0.05, 0) is 12.8 Å². The van der Waals surface area contributed by atoms with Crippen LogP contribution in [0.15, 0.2) is 0 Å². The van der Waals surface area contributed by atoms with Gasteiger partial charge in [-0.3, -0.25) is 0 Å². The van der Waals surface area contributed by atoms with Gasteiger partial charge in [-0.2, -0.15) is 0 Å². The van der Waals surface area contributed by atoms with Crippen molar-refractivity contribution in [3.63, 3.8) is 0 Å². The van der Waals surface area contributed by atoms with Crippen molar-refractivity contribution in [3.8, 4) is 0 Å². The second kappa shape index (κ2) is 17.1. The molecule has 110 valence electrons. The largest absolute Gasteiger partial charge is 1.00 e. The van der Waals surface area contributed by atoms with Gasteiger partial charge in [0.1, 0.15) is 0 Å². The Morgan fingerprint density at radius 3 is 1.12 bits per heavy atom. The van der Waals surface area contributed by atoms with Crippen LogP contribution in [0.5, 0.6) is 0 Å². The van der Waals surface area contributed by atoms with Gasteiger partial charge in [-0.1, -0.05) is 0 Å². The zero-order valence-corrected chi connectivity index (χ0v) is 30.2. The van der Waals surface area contributed by atoms with Gasteiger partial charge in [0, 0.05) is 11.9 Å². The Morgan fingerprint density at radius 2 is 0.960 bits per heavy atom. The van der Waals surface area contributed by atoms with Gasteiger partial charge in [0.15, 0.2) is 0 Å². The van der Waals surface area contributed by atoms with Crippen LogP contribution in [0.3, 0.4) is 0 Å². The van der Waals surface area contributed by atoms with Crippen LogP contribution in [0.2, 0.25) is 0 Å². The smallest absolute Gasteiger partial charge is 0.550 e. The van der Waals surface area contributed by atoms with Crippen molar-refractivity contribution in [2.75, 3.05) is 0 Å². The summed E-state index contributed by atoms with van der Waals surface area (Å²) in [5.74, 6) is -14.5. The molecule has 0 aliphatic heterocycles. The molecule has 1 aliphatic carbocycles. The van der Waals surface area contributed by atoms with E-state index in [1.807, 2.05) is 0 Å². The maximum atomic E-state index is 11.0. The molecule has 0 aromatic rings. The molecule has 1 atom stereocenters. The van der Waals surface area contributed by atoms with Gasteiger partial charge < -0.3 is 49.5 Å². The Bertz CT molecular complexity index is 508. The monoisotopic (exact) mass is 480 g/mol. The minimum Gasteiger partial charge on any atom is -0.550 e. The van der Waals surface area contributed by atoms with E-state index in [4.69, 9.17) is 0 Å². The first-order chi connectivity index (χ1) is 9.02. The fourth-order valence-corrected chi connectivity index (χ4v) is 2.39. The summed E-state index contributed by atoms with van der Waals surface area (Å²) in [5.41, 5.74) is -6.47. The van der Waals surface area contributed by atoms with Crippen molar-refractivity contribution in [2.45, 2.75) is 12.8 Å². The van der Waals surface area contributed by atoms with Crippen molar-refractivity contribution < 1.29 is 306 Å². The number of aliphatic carboxylic acids is 5. The Morgan fingerprint density at radius 1 is 0.640 bits per heavy atom. The summed E-state index contributed by atoms with van der Waals surface area (Å²) in [7, 11) is 0. The summed E-state index contributed by atoms with van der Waals surface area (Å²) in [4.78, 5) is 54.6. The average molecular weight is 481 g/mol. The third kappa shape index (κ3) is 8.77. The molecule has 15 heteroatoms. The summed E-state index contributed by atoms with van der Waals surface area (Å²) in [5, 5.41) is 54.6. The molecule has 0 bridgehead atoms. The molecule has 0 saturated heterocycles. The van der Waals surface area contributed by atoms with Crippen molar-refractivity contribution in [2.24, 2.45) is 16.7 Å². The van der Waals surface area contributed by atoms with Crippen LogP contribution >= 0.6 is 0 Å². The molecule has 0 amide bonds. The fourth-order valence-electron chi connectivity index (χ4n) is 2.39. The number of carboxylic acids is 5. The molecule has 1 saturated carbocycles. The van der Waals surface area contributed by atoms with E-state index in [1.54, 1.807) is 0 Å². The maximum absolute atomic E-state index is 11.0. The molecule has 0 radical (unpaired) electrons. The van der Waals surface area contributed by atoms with E-state index < -0.39 is 59.4 Å². The van der Waals surface area contributed by atoms with Gasteiger partial charge in [-0.25, -0.2) is 0 Å². The van der Waals surface area contributed by atoms with E-state index >= 15 is 0 Å². The maximum Gasteiger partial charge on any atom is 1.00 e. The molecule has 10 nitrogen and oxygen atoms in total. The van der Waals surface area contributed by atoms with Crippen LogP contribution in [0, 0.1) is 16.7 Å². The second-order valence-electron chi connectivity index (χ2n) is 4.46. The first-order valence-electron chi connectivity index (χ1n) is 5.09. The number of carbonyl (C=O) groups is 5. The minimum atomic E-state index is -3.36. The summed E-state index contributed by atoms with van der Waals surface area (Å²) in [6.07, 6.45) is -3.02. The first kappa shape index (κ1) is 40.8. The minimum absolute atomic E-state index is 0. The third-order valence-electron chi connectivity index (χ3n) is 3.52. The van der Waals surface area contributed by atoms with Crippen LogP contribution in [0.1, 0.15) is 12.8 Å². The van der Waals surface area contributed by atoms with Crippen LogP contribution in [0.25, 0.3) is 0 Å². The number of carboxylic acid groups (broad SMARTS) is 5. The fraction of sp³-hybridized carbons (Fsp3) is 0.500. The molecule has 0 aromatic heterocycles. The Hall–Kier alpha value is 5.53. The van der Waals surface area contributed by atoms with E-state index in [9.17, 15) is 49.5 Å². The Balaban J connectivity index is -0.000000267. The van der Waals surface area contributed by atoms with Crippen molar-refractivity contribution in [3.05, 3.63) is 0 Å². The number of carbonyl (C=O) groups excluding carboxylic acids is 5. The van der Waals surface area contributed by atoms with Crippen molar-refractivity contribution >= 4 is 29.8 Å². The number of hydrogen-bond donors (Lipinski definition) is 0. The Labute approximate surface area is 354 Å². The molecule has 0 heterocycles. The second-order valence-corrected chi connectivity index (χ2v) is 4.46. The van der Waals surface area contributed by atoms with E-state index in [2.05, 4.69) is 0 Å². The molecular weight excluding hydrogens is 476 g/mol. The first-order valence-corrected chi connectivity index (χ1v) is 5.09. The normalized spacial score (nSPS) is 18.3. The SMILES string of the molecule is O=C([O-])C1CC(C(=O)[O-])(C(=O)[O-])CC1(C(=O)[O-])C(=O)[O-].[K+].[K+].[K+].[K+].[K+]. The summed E-state index contributed by atoms with van der Waals surface area (Å²) in [6.45, 7) is 0. The standard InChI is InChI=1S/C10H10O10.5K/c11-4(12)3-1-9(5(13)14,6(15)16)2-10(3,7(17)18)8(19)20;;;;;/h3H,1-2H2,(H,11,12)(H,13,14)(H,15,16)(H,17,18)(H,19,20);;;;;/q;5*+1/p-5. The van der Waals surface area contributed by atoms with E-state index in [-0.39, 0.29) is 257 Å². The quantitative estimate of drug-likeness (QED) is 0.268. The van der Waals surface area contributed by atoms with Crippen molar-refractivity contribution in [1.29, 1.82) is 0 Å². The summed E-state index contributed by atoms with van der Waals surface area (Å²) < 4.78 is 0. The molecular formula is C10H5K5O10. The zero-order chi connectivity index (χ0) is 15.9.